The zero-order valence-corrected chi connectivity index (χ0v) is 10.8. The van der Waals surface area contributed by atoms with Gasteiger partial charge in [-0.25, -0.2) is 0 Å². The Kier molecular flexibility index (Phi) is 4.18. The third kappa shape index (κ3) is 3.35. The molecule has 0 radical (unpaired) electrons. The Bertz CT molecular complexity index is 561. The first-order chi connectivity index (χ1) is 9.20. The van der Waals surface area contributed by atoms with Crippen LogP contribution >= 0.6 is 0 Å². The summed E-state index contributed by atoms with van der Waals surface area (Å²) in [5.41, 5.74) is 1.64. The summed E-state index contributed by atoms with van der Waals surface area (Å²) >= 11 is 0. The maximum Gasteiger partial charge on any atom is 0.163 e. The Morgan fingerprint density at radius 1 is 1.16 bits per heavy atom. The first-order valence-corrected chi connectivity index (χ1v) is 6.15. The lowest BCUT2D eigenvalue weighted by atomic mass is 10.0. The van der Waals surface area contributed by atoms with Gasteiger partial charge in [0.25, 0.3) is 0 Å². The highest BCUT2D eigenvalue weighted by Crippen LogP contribution is 2.25. The summed E-state index contributed by atoms with van der Waals surface area (Å²) in [5.74, 6) is 0.881. The number of aromatic hydroxyl groups is 1. The summed E-state index contributed by atoms with van der Waals surface area (Å²) < 4.78 is 5.19. The minimum atomic E-state index is 0.107. The van der Waals surface area contributed by atoms with Gasteiger partial charge in [0.05, 0.1) is 7.11 Å². The minimum Gasteiger partial charge on any atom is -0.508 e. The van der Waals surface area contributed by atoms with Crippen molar-refractivity contribution < 1.29 is 14.6 Å². The second-order valence-electron chi connectivity index (χ2n) is 4.29. The molecule has 0 amide bonds. The van der Waals surface area contributed by atoms with E-state index in [9.17, 15) is 9.90 Å². The van der Waals surface area contributed by atoms with Gasteiger partial charge < -0.3 is 9.84 Å². The molecule has 0 atom stereocenters. The average Bonchev–Trinajstić information content (AvgIpc) is 2.46. The molecule has 0 aliphatic rings. The van der Waals surface area contributed by atoms with Gasteiger partial charge in [-0.05, 0) is 18.1 Å². The smallest absolute Gasteiger partial charge is 0.163 e. The first-order valence-electron chi connectivity index (χ1n) is 6.15. The molecule has 0 bridgehead atoms. The van der Waals surface area contributed by atoms with Gasteiger partial charge in [-0.1, -0.05) is 36.4 Å². The second-order valence-corrected chi connectivity index (χ2v) is 4.29. The number of benzene rings is 2. The number of Topliss-reactive ketones (excluding diaryl/α,β-unsaturated/α-hetero) is 1. The van der Waals surface area contributed by atoms with E-state index in [1.807, 2.05) is 30.3 Å². The molecule has 0 spiro atoms. The number of phenolic OH excluding ortho intramolecular Hbond substituents is 1. The largest absolute Gasteiger partial charge is 0.508 e. The third-order valence-corrected chi connectivity index (χ3v) is 2.99. The van der Waals surface area contributed by atoms with Gasteiger partial charge in [0.15, 0.2) is 5.78 Å². The number of hydrogen-bond acceptors (Lipinski definition) is 3. The molecule has 0 saturated carbocycles. The lowest BCUT2D eigenvalue weighted by Gasteiger charge is -2.08. The van der Waals surface area contributed by atoms with Crippen LogP contribution in [-0.4, -0.2) is 18.0 Å². The van der Waals surface area contributed by atoms with E-state index in [-0.39, 0.29) is 11.5 Å². The zero-order chi connectivity index (χ0) is 13.7. The van der Waals surface area contributed by atoms with Crippen molar-refractivity contribution in [2.24, 2.45) is 0 Å². The molecule has 2 aromatic carbocycles. The van der Waals surface area contributed by atoms with Crippen molar-refractivity contribution in [1.29, 1.82) is 0 Å². The van der Waals surface area contributed by atoms with Gasteiger partial charge in [-0.3, -0.25) is 4.79 Å². The first kappa shape index (κ1) is 13.1. The Labute approximate surface area is 112 Å². The van der Waals surface area contributed by atoms with Gasteiger partial charge in [0.2, 0.25) is 0 Å². The van der Waals surface area contributed by atoms with E-state index >= 15 is 0 Å². The molecule has 0 saturated heterocycles. The number of ketones is 1. The number of methoxy groups -OCH3 is 1. The number of rotatable bonds is 5. The Morgan fingerprint density at radius 2 is 1.89 bits per heavy atom. The van der Waals surface area contributed by atoms with Gasteiger partial charge in [-0.15, -0.1) is 0 Å². The molecule has 19 heavy (non-hydrogen) atoms. The van der Waals surface area contributed by atoms with Crippen LogP contribution in [-0.2, 0) is 6.42 Å². The highest BCUT2D eigenvalue weighted by atomic mass is 16.5. The number of carbonyl (C=O) groups excluding carboxylic acids is 1. The van der Waals surface area contributed by atoms with E-state index < -0.39 is 0 Å². The standard InChI is InChI=1S/C16H16O3/c1-19-16-11-14(17)9-7-13(16)8-10-15(18)12-5-3-2-4-6-12/h2-7,9,11,17H,8,10H2,1H3. The van der Waals surface area contributed by atoms with Crippen LogP contribution in [0.2, 0.25) is 0 Å². The number of aryl methyl sites for hydroxylation is 1. The van der Waals surface area contributed by atoms with Crippen LogP contribution in [0.15, 0.2) is 48.5 Å². The molecule has 0 fully saturated rings. The van der Waals surface area contributed by atoms with Crippen LogP contribution < -0.4 is 4.74 Å². The molecule has 0 aromatic heterocycles. The van der Waals surface area contributed by atoms with Crippen LogP contribution in [0.5, 0.6) is 11.5 Å². The summed E-state index contributed by atoms with van der Waals surface area (Å²) in [7, 11) is 1.55. The molecule has 98 valence electrons. The van der Waals surface area contributed by atoms with Crippen molar-refractivity contribution >= 4 is 5.78 Å². The van der Waals surface area contributed by atoms with Gasteiger partial charge >= 0.3 is 0 Å². The molecule has 0 unspecified atom stereocenters. The summed E-state index contributed by atoms with van der Waals surface area (Å²) in [6, 6.07) is 14.2. The molecule has 3 heteroatoms. The quantitative estimate of drug-likeness (QED) is 0.835. The monoisotopic (exact) mass is 256 g/mol. The van der Waals surface area contributed by atoms with Crippen molar-refractivity contribution in [2.45, 2.75) is 12.8 Å². The molecule has 2 aromatic rings. The van der Waals surface area contributed by atoms with E-state index in [1.54, 1.807) is 25.3 Å². The number of carbonyl (C=O) groups is 1. The molecule has 0 aliphatic carbocycles. The Balaban J connectivity index is 2.05. The van der Waals surface area contributed by atoms with Crippen LogP contribution in [0.4, 0.5) is 0 Å². The average molecular weight is 256 g/mol. The molecule has 3 nitrogen and oxygen atoms in total. The highest BCUT2D eigenvalue weighted by Gasteiger charge is 2.09. The predicted octanol–water partition coefficient (Wildman–Crippen LogP) is 3.22. The van der Waals surface area contributed by atoms with Gasteiger partial charge in [-0.2, -0.15) is 0 Å². The van der Waals surface area contributed by atoms with Crippen molar-refractivity contribution in [2.75, 3.05) is 7.11 Å². The highest BCUT2D eigenvalue weighted by molar-refractivity contribution is 5.96. The fourth-order valence-corrected chi connectivity index (χ4v) is 1.96. The maximum atomic E-state index is 12.0. The molecule has 0 heterocycles. The molecular formula is C16H16O3. The van der Waals surface area contributed by atoms with Gasteiger partial charge in [0, 0.05) is 18.1 Å². The topological polar surface area (TPSA) is 46.5 Å². The number of phenols is 1. The zero-order valence-electron chi connectivity index (χ0n) is 10.8. The lowest BCUT2D eigenvalue weighted by molar-refractivity contribution is 0.0982. The van der Waals surface area contributed by atoms with E-state index in [0.717, 1.165) is 11.1 Å². The van der Waals surface area contributed by atoms with Crippen molar-refractivity contribution in [1.82, 2.24) is 0 Å². The third-order valence-electron chi connectivity index (χ3n) is 2.99. The fourth-order valence-electron chi connectivity index (χ4n) is 1.96. The molecule has 0 aliphatic heterocycles. The second kappa shape index (κ2) is 6.05. The summed E-state index contributed by atoms with van der Waals surface area (Å²) in [6.07, 6.45) is 1.02. The summed E-state index contributed by atoms with van der Waals surface area (Å²) in [6.45, 7) is 0. The van der Waals surface area contributed by atoms with Crippen LogP contribution in [0.1, 0.15) is 22.3 Å². The van der Waals surface area contributed by atoms with Crippen LogP contribution in [0.3, 0.4) is 0 Å². The molecular weight excluding hydrogens is 240 g/mol. The van der Waals surface area contributed by atoms with Crippen LogP contribution in [0, 0.1) is 0 Å². The predicted molar refractivity (Wildman–Crippen MR) is 73.8 cm³/mol. The molecule has 2 rings (SSSR count). The van der Waals surface area contributed by atoms with E-state index in [4.69, 9.17) is 4.74 Å². The number of hydrogen-bond donors (Lipinski definition) is 1. The fraction of sp³-hybridized carbons (Fsp3) is 0.188. The number of ether oxygens (including phenoxy) is 1. The maximum absolute atomic E-state index is 12.0. The van der Waals surface area contributed by atoms with Gasteiger partial charge in [0.1, 0.15) is 11.5 Å². The van der Waals surface area contributed by atoms with Crippen molar-refractivity contribution in [3.8, 4) is 11.5 Å². The van der Waals surface area contributed by atoms with E-state index in [1.165, 1.54) is 0 Å². The SMILES string of the molecule is COc1cc(O)ccc1CCC(=O)c1ccccc1. The molecule has 1 N–H and O–H groups in total. The van der Waals surface area contributed by atoms with Crippen molar-refractivity contribution in [3.05, 3.63) is 59.7 Å². The lowest BCUT2D eigenvalue weighted by Crippen LogP contribution is -2.02. The minimum absolute atomic E-state index is 0.107. The Morgan fingerprint density at radius 3 is 2.58 bits per heavy atom. The van der Waals surface area contributed by atoms with E-state index in [0.29, 0.717) is 18.6 Å². The van der Waals surface area contributed by atoms with E-state index in [2.05, 4.69) is 0 Å². The van der Waals surface area contributed by atoms with Crippen LogP contribution in [0.25, 0.3) is 0 Å². The summed E-state index contributed by atoms with van der Waals surface area (Å²) in [5, 5.41) is 9.38. The normalized spacial score (nSPS) is 10.2. The Hall–Kier alpha value is -2.29. The summed E-state index contributed by atoms with van der Waals surface area (Å²) in [4.78, 5) is 12.0. The van der Waals surface area contributed by atoms with Crippen molar-refractivity contribution in [3.63, 3.8) is 0 Å².